The van der Waals surface area contributed by atoms with Crippen LogP contribution in [0.5, 0.6) is 0 Å². The van der Waals surface area contributed by atoms with Gasteiger partial charge >= 0.3 is 5.97 Å². The Hall–Kier alpha value is -2.86. The number of anilines is 1. The predicted molar refractivity (Wildman–Crippen MR) is 117 cm³/mol. The van der Waals surface area contributed by atoms with Crippen molar-refractivity contribution < 1.29 is 9.53 Å². The fraction of sp³-hybridized carbons (Fsp3) is 0.391. The quantitative estimate of drug-likeness (QED) is 0.463. The van der Waals surface area contributed by atoms with E-state index in [0.717, 1.165) is 42.9 Å². The maximum atomic E-state index is 12.0. The third-order valence-corrected chi connectivity index (χ3v) is 4.91. The molecule has 0 radical (unpaired) electrons. The molecule has 0 bridgehead atoms. The summed E-state index contributed by atoms with van der Waals surface area (Å²) in [6.45, 7) is 9.48. The van der Waals surface area contributed by atoms with Crippen LogP contribution < -0.4 is 10.6 Å². The summed E-state index contributed by atoms with van der Waals surface area (Å²) in [6, 6.07) is 16.2. The zero-order valence-corrected chi connectivity index (χ0v) is 17.4. The number of piperazine rings is 1. The van der Waals surface area contributed by atoms with Gasteiger partial charge in [0.25, 0.3) is 0 Å². The Bertz CT molecular complexity index is 846. The smallest absolute Gasteiger partial charge is 0.320 e. The van der Waals surface area contributed by atoms with E-state index >= 15 is 0 Å². The first-order valence-corrected chi connectivity index (χ1v) is 9.95. The fourth-order valence-corrected chi connectivity index (χ4v) is 3.43. The number of carbonyl (C=O) groups excluding carboxylic acids is 1. The van der Waals surface area contributed by atoms with E-state index in [1.54, 1.807) is 0 Å². The Morgan fingerprint density at radius 2 is 1.48 bits per heavy atom. The molecule has 1 aliphatic heterocycles. The molecule has 3 N–H and O–H groups in total. The van der Waals surface area contributed by atoms with Crippen molar-refractivity contribution in [3.63, 3.8) is 0 Å². The summed E-state index contributed by atoms with van der Waals surface area (Å²) in [4.78, 5) is 16.5. The standard InChI is InChI=1S/C23H30N4O2/c1-23(2,3)29-21(28)16-26-12-14-27(15-13-26)20-10-8-18(9-11-20)17-4-6-19(7-5-17)22(24)25/h4-11H,12-16H2,1-3H3,(H3,24,25). The fourth-order valence-electron chi connectivity index (χ4n) is 3.43. The molecule has 1 aliphatic rings. The Kier molecular flexibility index (Phi) is 6.23. The van der Waals surface area contributed by atoms with Gasteiger partial charge in [0.15, 0.2) is 0 Å². The summed E-state index contributed by atoms with van der Waals surface area (Å²) < 4.78 is 5.41. The minimum atomic E-state index is -0.437. The first-order chi connectivity index (χ1) is 13.7. The Morgan fingerprint density at radius 1 is 0.966 bits per heavy atom. The van der Waals surface area contributed by atoms with Crippen LogP contribution in [0.3, 0.4) is 0 Å². The first kappa shape index (κ1) is 20.9. The molecule has 154 valence electrons. The van der Waals surface area contributed by atoms with Crippen molar-refractivity contribution in [1.82, 2.24) is 4.90 Å². The van der Waals surface area contributed by atoms with E-state index in [0.29, 0.717) is 6.54 Å². The van der Waals surface area contributed by atoms with E-state index in [4.69, 9.17) is 15.9 Å². The minimum absolute atomic E-state index is 0.0812. The minimum Gasteiger partial charge on any atom is -0.459 e. The second-order valence-corrected chi connectivity index (χ2v) is 8.39. The monoisotopic (exact) mass is 394 g/mol. The summed E-state index contributed by atoms with van der Waals surface area (Å²) in [5, 5.41) is 7.49. The second-order valence-electron chi connectivity index (χ2n) is 8.39. The SMILES string of the molecule is CC(C)(C)OC(=O)CN1CCN(c2ccc(-c3ccc(C(=N)N)cc3)cc2)CC1. The van der Waals surface area contributed by atoms with Gasteiger partial charge in [-0.05, 0) is 44.0 Å². The normalized spacial score (nSPS) is 15.2. The number of nitrogen functional groups attached to an aromatic ring is 1. The number of nitrogens with one attached hydrogen (secondary N) is 1. The zero-order valence-electron chi connectivity index (χ0n) is 17.4. The van der Waals surface area contributed by atoms with Gasteiger partial charge in [-0.1, -0.05) is 36.4 Å². The van der Waals surface area contributed by atoms with Crippen molar-refractivity contribution in [2.24, 2.45) is 5.73 Å². The lowest BCUT2D eigenvalue weighted by molar-refractivity contribution is -0.156. The summed E-state index contributed by atoms with van der Waals surface area (Å²) >= 11 is 0. The van der Waals surface area contributed by atoms with Crippen molar-refractivity contribution in [2.75, 3.05) is 37.6 Å². The molecule has 0 aliphatic carbocycles. The average Bonchev–Trinajstić information content (AvgIpc) is 2.67. The van der Waals surface area contributed by atoms with Crippen LogP contribution in [0, 0.1) is 5.41 Å². The molecule has 0 amide bonds. The molecule has 1 saturated heterocycles. The lowest BCUT2D eigenvalue weighted by atomic mass is 10.0. The number of hydrogen-bond donors (Lipinski definition) is 2. The lowest BCUT2D eigenvalue weighted by Crippen LogP contribution is -2.48. The van der Waals surface area contributed by atoms with E-state index in [2.05, 4.69) is 34.1 Å². The molecule has 2 aromatic carbocycles. The highest BCUT2D eigenvalue weighted by Crippen LogP contribution is 2.24. The van der Waals surface area contributed by atoms with Crippen LogP contribution in [-0.2, 0) is 9.53 Å². The average molecular weight is 395 g/mol. The molecule has 3 rings (SSSR count). The van der Waals surface area contributed by atoms with E-state index < -0.39 is 5.60 Å². The number of nitrogens with two attached hydrogens (primary N) is 1. The predicted octanol–water partition coefficient (Wildman–Crippen LogP) is 3.10. The van der Waals surface area contributed by atoms with Gasteiger partial charge in [-0.2, -0.15) is 0 Å². The number of amidine groups is 1. The van der Waals surface area contributed by atoms with E-state index in [1.807, 2.05) is 45.0 Å². The van der Waals surface area contributed by atoms with Gasteiger partial charge in [-0.25, -0.2) is 0 Å². The maximum Gasteiger partial charge on any atom is 0.320 e. The molecule has 1 fully saturated rings. The van der Waals surface area contributed by atoms with Crippen LogP contribution in [0.25, 0.3) is 11.1 Å². The van der Waals surface area contributed by atoms with Crippen LogP contribution >= 0.6 is 0 Å². The molecule has 1 heterocycles. The number of carbonyl (C=O) groups is 1. The van der Waals surface area contributed by atoms with Gasteiger partial charge in [-0.3, -0.25) is 15.1 Å². The van der Waals surface area contributed by atoms with Crippen molar-refractivity contribution in [2.45, 2.75) is 26.4 Å². The van der Waals surface area contributed by atoms with Gasteiger partial charge in [-0.15, -0.1) is 0 Å². The molecule has 2 aromatic rings. The summed E-state index contributed by atoms with van der Waals surface area (Å²) in [5.74, 6) is -0.0798. The molecule has 0 unspecified atom stereocenters. The second kappa shape index (κ2) is 8.66. The Labute approximate surface area is 172 Å². The van der Waals surface area contributed by atoms with Gasteiger partial charge in [0, 0.05) is 37.4 Å². The number of ether oxygens (including phenoxy) is 1. The van der Waals surface area contributed by atoms with Crippen molar-refractivity contribution in [1.29, 1.82) is 5.41 Å². The molecule has 6 nitrogen and oxygen atoms in total. The van der Waals surface area contributed by atoms with Crippen molar-refractivity contribution >= 4 is 17.5 Å². The molecule has 29 heavy (non-hydrogen) atoms. The third-order valence-electron chi connectivity index (χ3n) is 4.91. The number of hydrogen-bond acceptors (Lipinski definition) is 5. The summed E-state index contributed by atoms with van der Waals surface area (Å²) in [5.41, 5.74) is 9.23. The van der Waals surface area contributed by atoms with Crippen LogP contribution in [0.15, 0.2) is 48.5 Å². The van der Waals surface area contributed by atoms with E-state index in [9.17, 15) is 4.79 Å². The Balaban J connectivity index is 1.55. The highest BCUT2D eigenvalue weighted by atomic mass is 16.6. The topological polar surface area (TPSA) is 82.7 Å². The lowest BCUT2D eigenvalue weighted by Gasteiger charge is -2.36. The van der Waals surface area contributed by atoms with Gasteiger partial charge in [0.2, 0.25) is 0 Å². The molecule has 6 heteroatoms. The number of esters is 1. The largest absolute Gasteiger partial charge is 0.459 e. The van der Waals surface area contributed by atoms with Gasteiger partial charge < -0.3 is 15.4 Å². The highest BCUT2D eigenvalue weighted by Gasteiger charge is 2.22. The van der Waals surface area contributed by atoms with Crippen LogP contribution in [0.4, 0.5) is 5.69 Å². The van der Waals surface area contributed by atoms with Gasteiger partial charge in [0.1, 0.15) is 11.4 Å². The van der Waals surface area contributed by atoms with Crippen molar-refractivity contribution in [3.8, 4) is 11.1 Å². The Morgan fingerprint density at radius 3 is 1.97 bits per heavy atom. The zero-order chi connectivity index (χ0) is 21.0. The maximum absolute atomic E-state index is 12.0. The number of rotatable bonds is 5. The van der Waals surface area contributed by atoms with Gasteiger partial charge in [0.05, 0.1) is 6.54 Å². The molecule has 0 atom stereocenters. The summed E-state index contributed by atoms with van der Waals surface area (Å²) in [7, 11) is 0. The van der Waals surface area contributed by atoms with Crippen LogP contribution in [-0.4, -0.2) is 55.0 Å². The molecule has 0 spiro atoms. The summed E-state index contributed by atoms with van der Waals surface area (Å²) in [6.07, 6.45) is 0. The molecule has 0 saturated carbocycles. The molecular formula is C23H30N4O2. The van der Waals surface area contributed by atoms with Crippen molar-refractivity contribution in [3.05, 3.63) is 54.1 Å². The third kappa shape index (κ3) is 5.81. The van der Waals surface area contributed by atoms with E-state index in [1.165, 1.54) is 5.69 Å². The van der Waals surface area contributed by atoms with Crippen LogP contribution in [0.2, 0.25) is 0 Å². The number of nitrogens with zero attached hydrogens (tertiary/aromatic N) is 2. The van der Waals surface area contributed by atoms with E-state index in [-0.39, 0.29) is 11.8 Å². The molecular weight excluding hydrogens is 364 g/mol. The highest BCUT2D eigenvalue weighted by molar-refractivity contribution is 5.95. The molecule has 0 aromatic heterocycles. The van der Waals surface area contributed by atoms with Crippen LogP contribution in [0.1, 0.15) is 26.3 Å². The first-order valence-electron chi connectivity index (χ1n) is 9.95. The number of benzene rings is 2.